The topological polar surface area (TPSA) is 29.5 Å². The minimum Gasteiger partial charge on any atom is -0.508 e. The second kappa shape index (κ2) is 2.41. The molecule has 2 heteroatoms. The average Bonchev–Trinajstić information content (AvgIpc) is 2.29. The number of ether oxygens (including phenoxy) is 1. The summed E-state index contributed by atoms with van der Waals surface area (Å²) >= 11 is 0. The van der Waals surface area contributed by atoms with Gasteiger partial charge in [0.15, 0.2) is 0 Å². The predicted molar refractivity (Wildman–Crippen MR) is 46.6 cm³/mol. The van der Waals surface area contributed by atoms with Crippen LogP contribution in [0.25, 0.3) is 0 Å². The van der Waals surface area contributed by atoms with Crippen molar-refractivity contribution in [2.45, 2.75) is 25.9 Å². The smallest absolute Gasteiger partial charge is 0.127 e. The maximum Gasteiger partial charge on any atom is 0.127 e. The van der Waals surface area contributed by atoms with Crippen LogP contribution in [-0.4, -0.2) is 11.2 Å². The molecule has 0 aliphatic carbocycles. The van der Waals surface area contributed by atoms with Gasteiger partial charge < -0.3 is 9.84 Å². The quantitative estimate of drug-likeness (QED) is 0.637. The molecule has 12 heavy (non-hydrogen) atoms. The zero-order valence-electron chi connectivity index (χ0n) is 7.24. The van der Waals surface area contributed by atoms with Gasteiger partial charge in [-0.05, 0) is 19.1 Å². The van der Waals surface area contributed by atoms with Gasteiger partial charge in [-0.3, -0.25) is 0 Å². The Balaban J connectivity index is 2.55. The molecule has 0 saturated heterocycles. The van der Waals surface area contributed by atoms with Crippen LogP contribution in [0.4, 0.5) is 0 Å². The van der Waals surface area contributed by atoms with E-state index in [9.17, 15) is 5.11 Å². The van der Waals surface area contributed by atoms with Crippen LogP contribution < -0.4 is 4.74 Å². The van der Waals surface area contributed by atoms with Crippen LogP contribution in [0.15, 0.2) is 18.2 Å². The molecule has 0 saturated carbocycles. The lowest BCUT2D eigenvalue weighted by molar-refractivity contribution is 0.232. The van der Waals surface area contributed by atoms with E-state index >= 15 is 0 Å². The van der Waals surface area contributed by atoms with Crippen molar-refractivity contribution in [3.8, 4) is 11.5 Å². The molecule has 0 radical (unpaired) electrons. The van der Waals surface area contributed by atoms with E-state index in [2.05, 4.69) is 6.92 Å². The number of hydrogen-bond acceptors (Lipinski definition) is 2. The monoisotopic (exact) mass is 164 g/mol. The number of aromatic hydroxyl groups is 1. The summed E-state index contributed by atoms with van der Waals surface area (Å²) in [5, 5.41) is 9.54. The number of benzene rings is 1. The van der Waals surface area contributed by atoms with E-state index in [1.165, 1.54) is 0 Å². The van der Waals surface area contributed by atoms with Crippen LogP contribution in [0.2, 0.25) is 0 Å². The maximum absolute atomic E-state index is 9.54. The Morgan fingerprint density at radius 2 is 2.08 bits per heavy atom. The summed E-state index contributed by atoms with van der Waals surface area (Å²) in [6.45, 7) is 4.08. The molecular formula is C10H12O2. The first kappa shape index (κ1) is 7.47. The van der Waals surface area contributed by atoms with E-state index in [1.807, 2.05) is 13.0 Å². The molecule has 2 unspecified atom stereocenters. The van der Waals surface area contributed by atoms with Crippen molar-refractivity contribution in [1.29, 1.82) is 0 Å². The summed E-state index contributed by atoms with van der Waals surface area (Å²) in [7, 11) is 0. The molecule has 0 fully saturated rings. The van der Waals surface area contributed by atoms with E-state index in [1.54, 1.807) is 12.1 Å². The molecule has 0 bridgehead atoms. The van der Waals surface area contributed by atoms with Gasteiger partial charge in [-0.1, -0.05) is 13.0 Å². The maximum atomic E-state index is 9.54. The molecule has 0 spiro atoms. The van der Waals surface area contributed by atoms with E-state index < -0.39 is 0 Å². The molecule has 1 aromatic rings. The van der Waals surface area contributed by atoms with Crippen LogP contribution >= 0.6 is 0 Å². The number of phenolic OH excluding ortho intramolecular Hbond substituents is 1. The third-order valence-corrected chi connectivity index (χ3v) is 2.52. The molecule has 2 rings (SSSR count). The predicted octanol–water partition coefficient (Wildman–Crippen LogP) is 2.28. The van der Waals surface area contributed by atoms with Crippen molar-refractivity contribution < 1.29 is 9.84 Å². The average molecular weight is 164 g/mol. The van der Waals surface area contributed by atoms with Gasteiger partial charge in [-0.25, -0.2) is 0 Å². The standard InChI is InChI=1S/C10H12O2/c1-6-7(2)12-9-5-3-4-8(11)10(6)9/h3-7,11H,1-2H3. The largest absolute Gasteiger partial charge is 0.508 e. The van der Waals surface area contributed by atoms with Crippen LogP contribution in [-0.2, 0) is 0 Å². The minimum atomic E-state index is 0.174. The Morgan fingerprint density at radius 1 is 1.33 bits per heavy atom. The molecule has 1 heterocycles. The Labute approximate surface area is 71.8 Å². The van der Waals surface area contributed by atoms with Gasteiger partial charge in [-0.2, -0.15) is 0 Å². The second-order valence-corrected chi connectivity index (χ2v) is 3.30. The van der Waals surface area contributed by atoms with E-state index in [4.69, 9.17) is 4.74 Å². The molecule has 64 valence electrons. The fraction of sp³-hybridized carbons (Fsp3) is 0.400. The van der Waals surface area contributed by atoms with Gasteiger partial charge >= 0.3 is 0 Å². The van der Waals surface area contributed by atoms with E-state index in [0.717, 1.165) is 11.3 Å². The van der Waals surface area contributed by atoms with Gasteiger partial charge in [0.1, 0.15) is 17.6 Å². The van der Waals surface area contributed by atoms with E-state index in [-0.39, 0.29) is 6.10 Å². The summed E-state index contributed by atoms with van der Waals surface area (Å²) in [6, 6.07) is 5.41. The van der Waals surface area contributed by atoms with Crippen molar-refractivity contribution in [1.82, 2.24) is 0 Å². The third kappa shape index (κ3) is 0.876. The molecular weight excluding hydrogens is 152 g/mol. The number of phenols is 1. The van der Waals surface area contributed by atoms with Crippen molar-refractivity contribution in [3.63, 3.8) is 0 Å². The summed E-state index contributed by atoms with van der Waals surface area (Å²) in [5.41, 5.74) is 0.949. The van der Waals surface area contributed by atoms with Gasteiger partial charge in [0.05, 0.1) is 0 Å². The normalized spacial score (nSPS) is 26.5. The van der Waals surface area contributed by atoms with Crippen LogP contribution in [0.1, 0.15) is 25.3 Å². The summed E-state index contributed by atoms with van der Waals surface area (Å²) < 4.78 is 5.54. The molecule has 1 aromatic carbocycles. The Morgan fingerprint density at radius 3 is 2.75 bits per heavy atom. The highest BCUT2D eigenvalue weighted by Crippen LogP contribution is 2.42. The minimum absolute atomic E-state index is 0.174. The lowest BCUT2D eigenvalue weighted by Crippen LogP contribution is -2.10. The first-order valence-electron chi connectivity index (χ1n) is 4.18. The number of hydrogen-bond donors (Lipinski definition) is 1. The number of fused-ring (bicyclic) bond motifs is 1. The van der Waals surface area contributed by atoms with Crippen LogP contribution in [0, 0.1) is 0 Å². The molecule has 2 atom stereocenters. The van der Waals surface area contributed by atoms with E-state index in [0.29, 0.717) is 11.7 Å². The zero-order valence-corrected chi connectivity index (χ0v) is 7.24. The highest BCUT2D eigenvalue weighted by atomic mass is 16.5. The Bertz CT molecular complexity index is 307. The van der Waals surface area contributed by atoms with Crippen LogP contribution in [0.5, 0.6) is 11.5 Å². The highest BCUT2D eigenvalue weighted by Gasteiger charge is 2.29. The van der Waals surface area contributed by atoms with Gasteiger partial charge in [0, 0.05) is 11.5 Å². The van der Waals surface area contributed by atoms with Crippen molar-refractivity contribution in [2.24, 2.45) is 0 Å². The zero-order chi connectivity index (χ0) is 8.72. The van der Waals surface area contributed by atoms with Gasteiger partial charge in [0.2, 0.25) is 0 Å². The van der Waals surface area contributed by atoms with Gasteiger partial charge in [0.25, 0.3) is 0 Å². The fourth-order valence-electron chi connectivity index (χ4n) is 1.63. The molecule has 2 nitrogen and oxygen atoms in total. The number of rotatable bonds is 0. The lowest BCUT2D eigenvalue weighted by Gasteiger charge is -2.07. The highest BCUT2D eigenvalue weighted by molar-refractivity contribution is 5.49. The summed E-state index contributed by atoms with van der Waals surface area (Å²) in [4.78, 5) is 0. The first-order valence-corrected chi connectivity index (χ1v) is 4.18. The van der Waals surface area contributed by atoms with Gasteiger partial charge in [-0.15, -0.1) is 0 Å². The molecule has 0 aromatic heterocycles. The third-order valence-electron chi connectivity index (χ3n) is 2.52. The molecule has 1 aliphatic rings. The van der Waals surface area contributed by atoms with Crippen molar-refractivity contribution >= 4 is 0 Å². The van der Waals surface area contributed by atoms with Crippen molar-refractivity contribution in [2.75, 3.05) is 0 Å². The fourth-order valence-corrected chi connectivity index (χ4v) is 1.63. The Hall–Kier alpha value is -1.18. The summed E-state index contributed by atoms with van der Waals surface area (Å²) in [5.74, 6) is 1.47. The lowest BCUT2D eigenvalue weighted by atomic mass is 9.98. The second-order valence-electron chi connectivity index (χ2n) is 3.30. The van der Waals surface area contributed by atoms with Crippen LogP contribution in [0.3, 0.4) is 0 Å². The molecule has 1 N–H and O–H groups in total. The van der Waals surface area contributed by atoms with Crippen molar-refractivity contribution in [3.05, 3.63) is 23.8 Å². The Kier molecular flexibility index (Phi) is 1.50. The molecule has 1 aliphatic heterocycles. The summed E-state index contributed by atoms with van der Waals surface area (Å²) in [6.07, 6.45) is 0.174. The first-order chi connectivity index (χ1) is 5.70. The SMILES string of the molecule is CC1Oc2cccc(O)c2C1C. The molecule has 0 amide bonds.